The standard InChI is InChI=1S/C11H18NO2/c1-9(2)10(3)4-5-11(9,8(12)14)6-7(10)13/h6-7,13H,4-5H2,1-3H3,(H2,12,14). The van der Waals surface area contributed by atoms with Crippen molar-refractivity contribution in [2.75, 3.05) is 0 Å². The highest BCUT2D eigenvalue weighted by Crippen LogP contribution is 2.71. The fraction of sp³-hybridized carbons (Fsp3) is 0.818. The van der Waals surface area contributed by atoms with Gasteiger partial charge >= 0.3 is 0 Å². The largest absolute Gasteiger partial charge is 0.392 e. The molecule has 0 heterocycles. The number of carbonyl (C=O) groups is 1. The third-order valence-corrected chi connectivity index (χ3v) is 5.12. The van der Waals surface area contributed by atoms with E-state index in [0.29, 0.717) is 0 Å². The highest BCUT2D eigenvalue weighted by atomic mass is 16.3. The Morgan fingerprint density at radius 3 is 2.21 bits per heavy atom. The summed E-state index contributed by atoms with van der Waals surface area (Å²) >= 11 is 0. The van der Waals surface area contributed by atoms with Crippen molar-refractivity contribution in [1.29, 1.82) is 0 Å². The van der Waals surface area contributed by atoms with Crippen molar-refractivity contribution < 1.29 is 9.90 Å². The van der Waals surface area contributed by atoms with Gasteiger partial charge in [-0.25, -0.2) is 0 Å². The van der Waals surface area contributed by atoms with E-state index in [2.05, 4.69) is 0 Å². The average Bonchev–Trinajstić information content (AvgIpc) is 2.34. The van der Waals surface area contributed by atoms with Crippen LogP contribution in [0.3, 0.4) is 0 Å². The molecule has 2 rings (SSSR count). The Kier molecular flexibility index (Phi) is 1.65. The topological polar surface area (TPSA) is 63.3 Å². The van der Waals surface area contributed by atoms with Crippen molar-refractivity contribution in [2.24, 2.45) is 22.0 Å². The molecule has 3 atom stereocenters. The third-order valence-electron chi connectivity index (χ3n) is 5.12. The maximum absolute atomic E-state index is 11.6. The van der Waals surface area contributed by atoms with Gasteiger partial charge in [0, 0.05) is 6.42 Å². The van der Waals surface area contributed by atoms with Gasteiger partial charge < -0.3 is 10.8 Å². The monoisotopic (exact) mass is 196 g/mol. The summed E-state index contributed by atoms with van der Waals surface area (Å²) in [7, 11) is 0. The van der Waals surface area contributed by atoms with Crippen LogP contribution in [0.5, 0.6) is 0 Å². The number of primary amides is 1. The first kappa shape index (κ1) is 9.97. The summed E-state index contributed by atoms with van der Waals surface area (Å²) in [6.45, 7) is 6.13. The van der Waals surface area contributed by atoms with Crippen LogP contribution in [0.15, 0.2) is 0 Å². The molecule has 2 saturated carbocycles. The molecule has 0 saturated heterocycles. The number of carbonyl (C=O) groups excluding carboxylic acids is 1. The summed E-state index contributed by atoms with van der Waals surface area (Å²) < 4.78 is 0. The van der Waals surface area contributed by atoms with Gasteiger partial charge in [0.1, 0.15) is 0 Å². The fourth-order valence-electron chi connectivity index (χ4n) is 3.37. The molecule has 1 radical (unpaired) electrons. The lowest BCUT2D eigenvalue weighted by molar-refractivity contribution is -0.130. The first-order chi connectivity index (χ1) is 6.28. The van der Waals surface area contributed by atoms with E-state index in [-0.39, 0.29) is 16.7 Å². The molecule has 79 valence electrons. The van der Waals surface area contributed by atoms with Gasteiger partial charge in [-0.05, 0) is 23.7 Å². The molecule has 0 aliphatic heterocycles. The minimum Gasteiger partial charge on any atom is -0.392 e. The molecule has 3 nitrogen and oxygen atoms in total. The molecular weight excluding hydrogens is 178 g/mol. The van der Waals surface area contributed by atoms with Gasteiger partial charge in [-0.15, -0.1) is 0 Å². The van der Waals surface area contributed by atoms with E-state index in [1.54, 1.807) is 6.42 Å². The highest BCUT2D eigenvalue weighted by Gasteiger charge is 2.71. The number of aliphatic hydroxyl groups is 1. The second-order valence-electron chi connectivity index (χ2n) is 5.49. The molecular formula is C11H18NO2. The van der Waals surface area contributed by atoms with Crippen molar-refractivity contribution in [3.05, 3.63) is 6.42 Å². The minimum atomic E-state index is -0.596. The fourth-order valence-corrected chi connectivity index (χ4v) is 3.37. The molecule has 3 N–H and O–H groups in total. The van der Waals surface area contributed by atoms with Gasteiger partial charge in [0.05, 0.1) is 11.5 Å². The number of aliphatic hydroxyl groups excluding tert-OH is 1. The molecule has 3 heteroatoms. The highest BCUT2D eigenvalue weighted by molar-refractivity contribution is 5.85. The van der Waals surface area contributed by atoms with E-state index < -0.39 is 11.5 Å². The van der Waals surface area contributed by atoms with E-state index in [0.717, 1.165) is 12.8 Å². The normalized spacial score (nSPS) is 49.6. The second kappa shape index (κ2) is 2.32. The van der Waals surface area contributed by atoms with Crippen molar-refractivity contribution in [3.63, 3.8) is 0 Å². The van der Waals surface area contributed by atoms with Crippen LogP contribution in [0, 0.1) is 22.7 Å². The zero-order valence-electron chi connectivity index (χ0n) is 9.00. The van der Waals surface area contributed by atoms with Crippen molar-refractivity contribution in [1.82, 2.24) is 0 Å². The molecule has 0 aromatic carbocycles. The van der Waals surface area contributed by atoms with Gasteiger partial charge in [0.2, 0.25) is 5.91 Å². The molecule has 2 bridgehead atoms. The summed E-state index contributed by atoms with van der Waals surface area (Å²) in [4.78, 5) is 11.6. The molecule has 2 aliphatic rings. The Balaban J connectivity index is 2.54. The minimum absolute atomic E-state index is 0.192. The molecule has 2 aliphatic carbocycles. The Hall–Kier alpha value is -0.570. The SMILES string of the molecule is CC12CCC(C(N)=O)([CH]C1O)C2(C)C. The van der Waals surface area contributed by atoms with Gasteiger partial charge in [-0.1, -0.05) is 20.8 Å². The first-order valence-corrected chi connectivity index (χ1v) is 5.12. The van der Waals surface area contributed by atoms with E-state index in [4.69, 9.17) is 5.73 Å². The Labute approximate surface area is 84.7 Å². The number of rotatable bonds is 1. The smallest absolute Gasteiger partial charge is 0.224 e. The predicted molar refractivity (Wildman–Crippen MR) is 53.1 cm³/mol. The summed E-state index contributed by atoms with van der Waals surface area (Å²) in [5.41, 5.74) is 4.47. The van der Waals surface area contributed by atoms with E-state index in [1.165, 1.54) is 0 Å². The Morgan fingerprint density at radius 1 is 1.43 bits per heavy atom. The number of fused-ring (bicyclic) bond motifs is 2. The van der Waals surface area contributed by atoms with Gasteiger partial charge in [0.25, 0.3) is 0 Å². The molecule has 14 heavy (non-hydrogen) atoms. The van der Waals surface area contributed by atoms with Crippen LogP contribution in [0.25, 0.3) is 0 Å². The summed E-state index contributed by atoms with van der Waals surface area (Å²) in [5, 5.41) is 9.96. The lowest BCUT2D eigenvalue weighted by Crippen LogP contribution is -2.44. The van der Waals surface area contributed by atoms with Crippen LogP contribution < -0.4 is 5.73 Å². The summed E-state index contributed by atoms with van der Waals surface area (Å²) in [5.74, 6) is -0.289. The number of hydrogen-bond donors (Lipinski definition) is 2. The Morgan fingerprint density at radius 2 is 2.00 bits per heavy atom. The lowest BCUT2D eigenvalue weighted by atomic mass is 9.64. The first-order valence-electron chi connectivity index (χ1n) is 5.12. The zero-order chi connectivity index (χ0) is 10.8. The van der Waals surface area contributed by atoms with Gasteiger partial charge in [-0.3, -0.25) is 4.79 Å². The van der Waals surface area contributed by atoms with Crippen molar-refractivity contribution in [2.45, 2.75) is 39.7 Å². The molecule has 1 amide bonds. The zero-order valence-corrected chi connectivity index (χ0v) is 9.00. The van der Waals surface area contributed by atoms with Crippen LogP contribution in [0.2, 0.25) is 0 Å². The van der Waals surface area contributed by atoms with E-state index in [1.807, 2.05) is 20.8 Å². The quantitative estimate of drug-likeness (QED) is 0.653. The maximum Gasteiger partial charge on any atom is 0.224 e. The predicted octanol–water partition coefficient (Wildman–Crippen LogP) is 0.863. The van der Waals surface area contributed by atoms with Crippen LogP contribution in [-0.2, 0) is 4.79 Å². The lowest BCUT2D eigenvalue weighted by Gasteiger charge is -2.39. The van der Waals surface area contributed by atoms with Crippen molar-refractivity contribution in [3.8, 4) is 0 Å². The van der Waals surface area contributed by atoms with Crippen LogP contribution in [0.4, 0.5) is 0 Å². The average molecular weight is 196 g/mol. The van der Waals surface area contributed by atoms with E-state index in [9.17, 15) is 9.90 Å². The maximum atomic E-state index is 11.6. The van der Waals surface area contributed by atoms with Crippen LogP contribution in [0.1, 0.15) is 33.6 Å². The number of nitrogens with two attached hydrogens (primary N) is 1. The molecule has 0 aromatic rings. The molecule has 0 aromatic heterocycles. The second-order valence-corrected chi connectivity index (χ2v) is 5.49. The third kappa shape index (κ3) is 0.724. The van der Waals surface area contributed by atoms with Gasteiger partial charge in [0.15, 0.2) is 0 Å². The number of amides is 1. The van der Waals surface area contributed by atoms with Crippen LogP contribution in [-0.4, -0.2) is 17.1 Å². The van der Waals surface area contributed by atoms with E-state index >= 15 is 0 Å². The molecule has 0 spiro atoms. The van der Waals surface area contributed by atoms with Crippen LogP contribution >= 0.6 is 0 Å². The Bertz CT molecular complexity index is 300. The van der Waals surface area contributed by atoms with Gasteiger partial charge in [-0.2, -0.15) is 0 Å². The van der Waals surface area contributed by atoms with Crippen molar-refractivity contribution >= 4 is 5.91 Å². The summed E-state index contributed by atoms with van der Waals surface area (Å²) in [6.07, 6.45) is 2.92. The molecule has 2 fully saturated rings. The number of hydrogen-bond acceptors (Lipinski definition) is 2. The summed E-state index contributed by atoms with van der Waals surface area (Å²) in [6, 6.07) is 0. The molecule has 3 unspecified atom stereocenters.